The van der Waals surface area contributed by atoms with Gasteiger partial charge < -0.3 is 10.5 Å². The third-order valence-electron chi connectivity index (χ3n) is 3.57. The molecular formula is C11H21N5O. The summed E-state index contributed by atoms with van der Waals surface area (Å²) in [6.45, 7) is 1.54. The SMILES string of the molecule is COC1(c2nnnn2CCCCN)CCCC1. The molecule has 0 atom stereocenters. The van der Waals surface area contributed by atoms with Crippen molar-refractivity contribution in [2.45, 2.75) is 50.7 Å². The van der Waals surface area contributed by atoms with Crippen LogP contribution in [0, 0.1) is 0 Å². The molecule has 1 aliphatic carbocycles. The van der Waals surface area contributed by atoms with Crippen molar-refractivity contribution in [3.63, 3.8) is 0 Å². The number of tetrazole rings is 1. The molecular weight excluding hydrogens is 218 g/mol. The van der Waals surface area contributed by atoms with Crippen LogP contribution in [-0.4, -0.2) is 33.9 Å². The molecule has 0 radical (unpaired) electrons. The summed E-state index contributed by atoms with van der Waals surface area (Å²) in [7, 11) is 1.75. The van der Waals surface area contributed by atoms with Crippen LogP contribution in [0.3, 0.4) is 0 Å². The number of nitrogens with zero attached hydrogens (tertiary/aromatic N) is 4. The summed E-state index contributed by atoms with van der Waals surface area (Å²) < 4.78 is 7.58. The summed E-state index contributed by atoms with van der Waals surface area (Å²) in [6.07, 6.45) is 6.40. The lowest BCUT2D eigenvalue weighted by Crippen LogP contribution is -2.29. The van der Waals surface area contributed by atoms with E-state index in [-0.39, 0.29) is 5.60 Å². The molecule has 6 heteroatoms. The minimum absolute atomic E-state index is 0.258. The topological polar surface area (TPSA) is 78.9 Å². The standard InChI is InChI=1S/C11H21N5O/c1-17-11(6-2-3-7-11)10-13-14-15-16(10)9-5-4-8-12/h2-9,12H2,1H3. The predicted molar refractivity (Wildman–Crippen MR) is 63.3 cm³/mol. The number of hydrogen-bond acceptors (Lipinski definition) is 5. The highest BCUT2D eigenvalue weighted by atomic mass is 16.5. The third kappa shape index (κ3) is 2.47. The molecule has 1 aromatic rings. The van der Waals surface area contributed by atoms with E-state index >= 15 is 0 Å². The number of methoxy groups -OCH3 is 1. The molecule has 17 heavy (non-hydrogen) atoms. The van der Waals surface area contributed by atoms with E-state index in [9.17, 15) is 0 Å². The molecule has 6 nitrogen and oxygen atoms in total. The molecule has 1 aliphatic rings. The summed E-state index contributed by atoms with van der Waals surface area (Å²) >= 11 is 0. The van der Waals surface area contributed by atoms with E-state index < -0.39 is 0 Å². The van der Waals surface area contributed by atoms with E-state index in [4.69, 9.17) is 10.5 Å². The summed E-state index contributed by atoms with van der Waals surface area (Å²) in [6, 6.07) is 0. The zero-order valence-electron chi connectivity index (χ0n) is 10.4. The lowest BCUT2D eigenvalue weighted by molar-refractivity contribution is -0.0201. The second-order valence-electron chi connectivity index (χ2n) is 4.63. The van der Waals surface area contributed by atoms with E-state index in [1.165, 1.54) is 12.8 Å². The van der Waals surface area contributed by atoms with Crippen molar-refractivity contribution in [3.8, 4) is 0 Å². The highest BCUT2D eigenvalue weighted by Gasteiger charge is 2.40. The first-order chi connectivity index (χ1) is 8.32. The van der Waals surface area contributed by atoms with Gasteiger partial charge in [-0.3, -0.25) is 0 Å². The zero-order valence-corrected chi connectivity index (χ0v) is 10.4. The van der Waals surface area contributed by atoms with Crippen molar-refractivity contribution in [3.05, 3.63) is 5.82 Å². The van der Waals surface area contributed by atoms with Crippen LogP contribution < -0.4 is 5.73 Å². The van der Waals surface area contributed by atoms with Gasteiger partial charge in [0.15, 0.2) is 5.82 Å². The second-order valence-corrected chi connectivity index (χ2v) is 4.63. The van der Waals surface area contributed by atoms with Crippen LogP contribution in [-0.2, 0) is 16.9 Å². The fourth-order valence-electron chi connectivity index (χ4n) is 2.55. The molecule has 1 aromatic heterocycles. The largest absolute Gasteiger partial charge is 0.370 e. The van der Waals surface area contributed by atoms with Gasteiger partial charge in [-0.05, 0) is 55.5 Å². The zero-order chi connectivity index (χ0) is 12.1. The van der Waals surface area contributed by atoms with Crippen LogP contribution >= 0.6 is 0 Å². The van der Waals surface area contributed by atoms with Crippen molar-refractivity contribution in [1.29, 1.82) is 0 Å². The minimum atomic E-state index is -0.258. The Kier molecular flexibility index (Phi) is 4.06. The highest BCUT2D eigenvalue weighted by molar-refractivity contribution is 5.03. The van der Waals surface area contributed by atoms with Crippen LogP contribution in [0.15, 0.2) is 0 Å². The molecule has 2 N–H and O–H groups in total. The number of nitrogens with two attached hydrogens (primary N) is 1. The van der Waals surface area contributed by atoms with Gasteiger partial charge in [0, 0.05) is 13.7 Å². The van der Waals surface area contributed by atoms with Gasteiger partial charge in [-0.25, -0.2) is 4.68 Å². The van der Waals surface area contributed by atoms with Gasteiger partial charge in [-0.2, -0.15) is 0 Å². The lowest BCUT2D eigenvalue weighted by Gasteiger charge is -2.25. The van der Waals surface area contributed by atoms with E-state index in [0.29, 0.717) is 6.54 Å². The Morgan fingerprint density at radius 1 is 1.35 bits per heavy atom. The van der Waals surface area contributed by atoms with Gasteiger partial charge in [-0.15, -0.1) is 5.10 Å². The van der Waals surface area contributed by atoms with Crippen LogP contribution in [0.1, 0.15) is 44.3 Å². The van der Waals surface area contributed by atoms with Gasteiger partial charge in [0.2, 0.25) is 0 Å². The Hall–Kier alpha value is -1.01. The number of ether oxygens (including phenoxy) is 1. The molecule has 1 saturated carbocycles. The van der Waals surface area contributed by atoms with Crippen LogP contribution in [0.2, 0.25) is 0 Å². The number of hydrogen-bond donors (Lipinski definition) is 1. The molecule has 0 amide bonds. The average Bonchev–Trinajstić information content (AvgIpc) is 2.98. The molecule has 0 bridgehead atoms. The molecule has 2 rings (SSSR count). The Morgan fingerprint density at radius 2 is 2.12 bits per heavy atom. The van der Waals surface area contributed by atoms with Crippen molar-refractivity contribution < 1.29 is 4.74 Å². The maximum atomic E-state index is 5.70. The molecule has 96 valence electrons. The number of rotatable bonds is 6. The number of unbranched alkanes of at least 4 members (excludes halogenated alkanes) is 1. The van der Waals surface area contributed by atoms with Crippen LogP contribution in [0.25, 0.3) is 0 Å². The smallest absolute Gasteiger partial charge is 0.183 e. The monoisotopic (exact) mass is 239 g/mol. The maximum absolute atomic E-state index is 5.70. The quantitative estimate of drug-likeness (QED) is 0.744. The molecule has 0 spiro atoms. The Bertz CT molecular complexity index is 345. The summed E-state index contributed by atoms with van der Waals surface area (Å²) in [5.41, 5.74) is 5.24. The third-order valence-corrected chi connectivity index (χ3v) is 3.57. The van der Waals surface area contributed by atoms with Gasteiger partial charge in [-0.1, -0.05) is 0 Å². The fraction of sp³-hybridized carbons (Fsp3) is 0.909. The van der Waals surface area contributed by atoms with Gasteiger partial charge in [0.1, 0.15) is 5.60 Å². The van der Waals surface area contributed by atoms with Crippen molar-refractivity contribution in [2.24, 2.45) is 5.73 Å². The van der Waals surface area contributed by atoms with Crippen LogP contribution in [0.5, 0.6) is 0 Å². The van der Waals surface area contributed by atoms with Crippen molar-refractivity contribution in [2.75, 3.05) is 13.7 Å². The Labute approximate surface area is 102 Å². The van der Waals surface area contributed by atoms with E-state index in [1.54, 1.807) is 7.11 Å². The molecule has 1 heterocycles. The predicted octanol–water partition coefficient (Wildman–Crippen LogP) is 0.828. The first-order valence-corrected chi connectivity index (χ1v) is 6.34. The fourth-order valence-corrected chi connectivity index (χ4v) is 2.55. The summed E-state index contributed by atoms with van der Waals surface area (Å²) in [5.74, 6) is 0.884. The Morgan fingerprint density at radius 3 is 2.76 bits per heavy atom. The lowest BCUT2D eigenvalue weighted by atomic mass is 10.0. The number of aryl methyl sites for hydroxylation is 1. The second kappa shape index (κ2) is 5.55. The van der Waals surface area contributed by atoms with E-state index in [2.05, 4.69) is 15.5 Å². The Balaban J connectivity index is 2.11. The number of aromatic nitrogens is 4. The van der Waals surface area contributed by atoms with Crippen molar-refractivity contribution in [1.82, 2.24) is 20.2 Å². The minimum Gasteiger partial charge on any atom is -0.370 e. The maximum Gasteiger partial charge on any atom is 0.183 e. The molecule has 1 fully saturated rings. The summed E-state index contributed by atoms with van der Waals surface area (Å²) in [5, 5.41) is 12.0. The first-order valence-electron chi connectivity index (χ1n) is 6.34. The molecule has 0 unspecified atom stereocenters. The van der Waals surface area contributed by atoms with Gasteiger partial charge in [0.25, 0.3) is 0 Å². The van der Waals surface area contributed by atoms with Gasteiger partial charge >= 0.3 is 0 Å². The van der Waals surface area contributed by atoms with E-state index in [0.717, 1.165) is 38.1 Å². The van der Waals surface area contributed by atoms with Crippen molar-refractivity contribution >= 4 is 0 Å². The highest BCUT2D eigenvalue weighted by Crippen LogP contribution is 2.40. The van der Waals surface area contributed by atoms with E-state index in [1.807, 2.05) is 4.68 Å². The molecule has 0 aromatic carbocycles. The average molecular weight is 239 g/mol. The van der Waals surface area contributed by atoms with Crippen LogP contribution in [0.4, 0.5) is 0 Å². The molecule has 0 saturated heterocycles. The summed E-state index contributed by atoms with van der Waals surface area (Å²) in [4.78, 5) is 0. The van der Waals surface area contributed by atoms with Gasteiger partial charge in [0.05, 0.1) is 0 Å². The first kappa shape index (κ1) is 12.4. The molecule has 0 aliphatic heterocycles. The normalized spacial score (nSPS) is 18.7.